The van der Waals surface area contributed by atoms with Gasteiger partial charge in [-0.3, -0.25) is 0 Å². The SMILES string of the molecule is CNC(=S)NCCc1c(C)[nH]c2ccc(C)cc12. The van der Waals surface area contributed by atoms with Crippen molar-refractivity contribution in [3.05, 3.63) is 35.0 Å². The molecule has 0 radical (unpaired) electrons. The Bertz CT molecular complexity index is 572. The van der Waals surface area contributed by atoms with Crippen molar-refractivity contribution in [2.75, 3.05) is 13.6 Å². The average molecular weight is 261 g/mol. The van der Waals surface area contributed by atoms with Crippen molar-refractivity contribution in [3.8, 4) is 0 Å². The molecule has 2 aromatic rings. The van der Waals surface area contributed by atoms with Crippen LogP contribution in [0.5, 0.6) is 0 Å². The van der Waals surface area contributed by atoms with Crippen LogP contribution < -0.4 is 10.6 Å². The fourth-order valence-corrected chi connectivity index (χ4v) is 2.31. The van der Waals surface area contributed by atoms with Gasteiger partial charge >= 0.3 is 0 Å². The zero-order chi connectivity index (χ0) is 13.1. The lowest BCUT2D eigenvalue weighted by Gasteiger charge is -2.07. The Morgan fingerprint density at radius 3 is 2.83 bits per heavy atom. The van der Waals surface area contributed by atoms with Crippen molar-refractivity contribution in [2.45, 2.75) is 20.3 Å². The third-order valence-electron chi connectivity index (χ3n) is 3.16. The monoisotopic (exact) mass is 261 g/mol. The second-order valence-corrected chi connectivity index (χ2v) is 4.94. The molecule has 0 saturated carbocycles. The highest BCUT2D eigenvalue weighted by Crippen LogP contribution is 2.23. The third kappa shape index (κ3) is 2.64. The van der Waals surface area contributed by atoms with Gasteiger partial charge in [-0.1, -0.05) is 11.6 Å². The van der Waals surface area contributed by atoms with Crippen molar-refractivity contribution >= 4 is 28.2 Å². The topological polar surface area (TPSA) is 39.8 Å². The fraction of sp³-hybridized carbons (Fsp3) is 0.357. The average Bonchev–Trinajstić information content (AvgIpc) is 2.65. The molecule has 0 atom stereocenters. The van der Waals surface area contributed by atoms with Crippen molar-refractivity contribution in [1.82, 2.24) is 15.6 Å². The molecule has 0 aliphatic carbocycles. The van der Waals surface area contributed by atoms with E-state index in [0.717, 1.165) is 13.0 Å². The molecule has 4 heteroatoms. The minimum atomic E-state index is 0.698. The summed E-state index contributed by atoms with van der Waals surface area (Å²) in [5.41, 5.74) is 5.12. The number of benzene rings is 1. The molecule has 18 heavy (non-hydrogen) atoms. The molecule has 2 rings (SSSR count). The normalized spacial score (nSPS) is 10.6. The van der Waals surface area contributed by atoms with E-state index in [0.29, 0.717) is 5.11 Å². The van der Waals surface area contributed by atoms with E-state index in [9.17, 15) is 0 Å². The molecule has 96 valence electrons. The van der Waals surface area contributed by atoms with Crippen molar-refractivity contribution in [3.63, 3.8) is 0 Å². The van der Waals surface area contributed by atoms with Crippen LogP contribution in [0.3, 0.4) is 0 Å². The number of hydrogen-bond donors (Lipinski definition) is 3. The first kappa shape index (κ1) is 12.9. The minimum Gasteiger partial charge on any atom is -0.366 e. The first-order valence-electron chi connectivity index (χ1n) is 6.15. The first-order chi connectivity index (χ1) is 8.61. The first-order valence-corrected chi connectivity index (χ1v) is 6.56. The summed E-state index contributed by atoms with van der Waals surface area (Å²) in [6, 6.07) is 6.52. The summed E-state index contributed by atoms with van der Waals surface area (Å²) >= 11 is 5.07. The Morgan fingerprint density at radius 2 is 2.11 bits per heavy atom. The van der Waals surface area contributed by atoms with Crippen LogP contribution in [0.4, 0.5) is 0 Å². The van der Waals surface area contributed by atoms with Gasteiger partial charge in [-0.15, -0.1) is 0 Å². The van der Waals surface area contributed by atoms with Gasteiger partial charge in [0.05, 0.1) is 0 Å². The second kappa shape index (κ2) is 5.40. The Kier molecular flexibility index (Phi) is 3.87. The number of nitrogens with one attached hydrogen (secondary N) is 3. The maximum atomic E-state index is 5.07. The van der Waals surface area contributed by atoms with E-state index in [4.69, 9.17) is 12.2 Å². The van der Waals surface area contributed by atoms with Crippen LogP contribution in [0.1, 0.15) is 16.8 Å². The quantitative estimate of drug-likeness (QED) is 0.743. The molecular formula is C14H19N3S. The highest BCUT2D eigenvalue weighted by Gasteiger charge is 2.08. The van der Waals surface area contributed by atoms with Crippen molar-refractivity contribution in [2.24, 2.45) is 0 Å². The van der Waals surface area contributed by atoms with Gasteiger partial charge in [-0.25, -0.2) is 0 Å². The summed E-state index contributed by atoms with van der Waals surface area (Å²) < 4.78 is 0. The van der Waals surface area contributed by atoms with Crippen LogP contribution >= 0.6 is 12.2 Å². The van der Waals surface area contributed by atoms with E-state index in [2.05, 4.69) is 47.7 Å². The fourth-order valence-electron chi connectivity index (χ4n) is 2.21. The molecule has 1 aromatic carbocycles. The molecule has 0 unspecified atom stereocenters. The molecular weight excluding hydrogens is 242 g/mol. The number of rotatable bonds is 3. The van der Waals surface area contributed by atoms with Gasteiger partial charge in [-0.2, -0.15) is 0 Å². The molecule has 0 aliphatic rings. The van der Waals surface area contributed by atoms with Crippen LogP contribution in [0, 0.1) is 13.8 Å². The Hall–Kier alpha value is -1.55. The predicted octanol–water partition coefficient (Wildman–Crippen LogP) is 2.42. The summed E-state index contributed by atoms with van der Waals surface area (Å²) in [7, 11) is 1.83. The minimum absolute atomic E-state index is 0.698. The van der Waals surface area contributed by atoms with E-state index >= 15 is 0 Å². The van der Waals surface area contributed by atoms with E-state index in [1.165, 1.54) is 27.7 Å². The molecule has 3 N–H and O–H groups in total. The molecule has 0 fully saturated rings. The van der Waals surface area contributed by atoms with Crippen LogP contribution in [0.2, 0.25) is 0 Å². The van der Waals surface area contributed by atoms with Crippen LogP contribution in [0.25, 0.3) is 10.9 Å². The smallest absolute Gasteiger partial charge is 0.166 e. The number of aryl methyl sites for hydroxylation is 2. The van der Waals surface area contributed by atoms with Gasteiger partial charge in [0.15, 0.2) is 5.11 Å². The summed E-state index contributed by atoms with van der Waals surface area (Å²) in [5, 5.41) is 8.12. The standard InChI is InChI=1S/C14H19N3S/c1-9-4-5-13-12(8-9)11(10(2)17-13)6-7-16-14(18)15-3/h4-5,8,17H,6-7H2,1-3H3,(H2,15,16,18). The summed E-state index contributed by atoms with van der Waals surface area (Å²) in [4.78, 5) is 3.43. The number of H-pyrrole nitrogens is 1. The lowest BCUT2D eigenvalue weighted by molar-refractivity contribution is 0.850. The Balaban J connectivity index is 2.19. The Labute approximate surface area is 113 Å². The molecule has 1 aromatic heterocycles. The summed E-state index contributed by atoms with van der Waals surface area (Å²) in [6.07, 6.45) is 0.969. The number of fused-ring (bicyclic) bond motifs is 1. The molecule has 3 nitrogen and oxygen atoms in total. The zero-order valence-electron chi connectivity index (χ0n) is 11.1. The lowest BCUT2D eigenvalue weighted by atomic mass is 10.1. The van der Waals surface area contributed by atoms with Crippen LogP contribution in [-0.4, -0.2) is 23.7 Å². The highest BCUT2D eigenvalue weighted by atomic mass is 32.1. The van der Waals surface area contributed by atoms with Crippen molar-refractivity contribution < 1.29 is 0 Å². The molecule has 1 heterocycles. The number of hydrogen-bond acceptors (Lipinski definition) is 1. The van der Waals surface area contributed by atoms with E-state index in [1.807, 2.05) is 7.05 Å². The maximum absolute atomic E-state index is 5.07. The van der Waals surface area contributed by atoms with Gasteiger partial charge in [0.25, 0.3) is 0 Å². The van der Waals surface area contributed by atoms with Gasteiger partial charge in [0.1, 0.15) is 0 Å². The van der Waals surface area contributed by atoms with Crippen molar-refractivity contribution in [1.29, 1.82) is 0 Å². The third-order valence-corrected chi connectivity index (χ3v) is 3.51. The van der Waals surface area contributed by atoms with Gasteiger partial charge in [0.2, 0.25) is 0 Å². The zero-order valence-corrected chi connectivity index (χ0v) is 11.9. The highest BCUT2D eigenvalue weighted by molar-refractivity contribution is 7.80. The van der Waals surface area contributed by atoms with E-state index in [-0.39, 0.29) is 0 Å². The van der Waals surface area contributed by atoms with Gasteiger partial charge < -0.3 is 15.6 Å². The van der Waals surface area contributed by atoms with Crippen LogP contribution in [0.15, 0.2) is 18.2 Å². The second-order valence-electron chi connectivity index (χ2n) is 4.53. The van der Waals surface area contributed by atoms with Gasteiger partial charge in [0, 0.05) is 30.2 Å². The molecule has 0 amide bonds. The summed E-state index contributed by atoms with van der Waals surface area (Å²) in [5.74, 6) is 0. The predicted molar refractivity (Wildman–Crippen MR) is 81.1 cm³/mol. The van der Waals surface area contributed by atoms with E-state index in [1.54, 1.807) is 0 Å². The molecule has 0 spiro atoms. The number of thiocarbonyl (C=S) groups is 1. The molecule has 0 aliphatic heterocycles. The largest absolute Gasteiger partial charge is 0.366 e. The van der Waals surface area contributed by atoms with Crippen LogP contribution in [-0.2, 0) is 6.42 Å². The maximum Gasteiger partial charge on any atom is 0.166 e. The lowest BCUT2D eigenvalue weighted by Crippen LogP contribution is -2.33. The summed E-state index contributed by atoms with van der Waals surface area (Å²) in [6.45, 7) is 5.10. The number of aromatic amines is 1. The Morgan fingerprint density at radius 1 is 1.33 bits per heavy atom. The molecule has 0 saturated heterocycles. The van der Waals surface area contributed by atoms with Gasteiger partial charge in [-0.05, 0) is 50.2 Å². The number of aromatic nitrogens is 1. The molecule has 0 bridgehead atoms. The van der Waals surface area contributed by atoms with E-state index < -0.39 is 0 Å².